The number of halogens is 1. The molecule has 1 N–H and O–H groups in total. The summed E-state index contributed by atoms with van der Waals surface area (Å²) in [6.45, 7) is 4.47. The highest BCUT2D eigenvalue weighted by Gasteiger charge is 2.50. The number of piperazine rings is 1. The van der Waals surface area contributed by atoms with Gasteiger partial charge in [0.05, 0.1) is 0 Å². The molecule has 2 aromatic carbocycles. The number of hydrogen-bond donors (Lipinski definition) is 1. The lowest BCUT2D eigenvalue weighted by Gasteiger charge is -2.36. The molecule has 34 heavy (non-hydrogen) atoms. The van der Waals surface area contributed by atoms with Gasteiger partial charge in [0, 0.05) is 36.9 Å². The Balaban J connectivity index is 1.24. The lowest BCUT2D eigenvalue weighted by atomic mass is 9.91. The highest BCUT2D eigenvalue weighted by Crippen LogP contribution is 2.36. The van der Waals surface area contributed by atoms with Crippen molar-refractivity contribution in [3.05, 3.63) is 53.1 Å². The number of carbonyl (C=O) groups excluding carboxylic acids is 3. The number of benzene rings is 2. The normalized spacial score (nSPS) is 22.1. The molecule has 178 valence electrons. The highest BCUT2D eigenvalue weighted by molar-refractivity contribution is 6.30. The smallest absolute Gasteiger partial charge is 0.325 e. The van der Waals surface area contributed by atoms with E-state index in [9.17, 15) is 14.4 Å². The van der Waals surface area contributed by atoms with Crippen molar-refractivity contribution < 1.29 is 23.9 Å². The van der Waals surface area contributed by atoms with Crippen LogP contribution in [0.25, 0.3) is 0 Å². The van der Waals surface area contributed by atoms with Crippen LogP contribution in [0.3, 0.4) is 0 Å². The number of anilines is 1. The average molecular weight is 485 g/mol. The molecule has 2 aromatic rings. The molecule has 2 fully saturated rings. The second kappa shape index (κ2) is 8.72. The van der Waals surface area contributed by atoms with Crippen LogP contribution >= 0.6 is 11.6 Å². The summed E-state index contributed by atoms with van der Waals surface area (Å²) in [4.78, 5) is 43.8. The van der Waals surface area contributed by atoms with Gasteiger partial charge < -0.3 is 24.6 Å². The minimum atomic E-state index is -1.29. The lowest BCUT2D eigenvalue weighted by Crippen LogP contribution is -2.52. The Bertz CT molecular complexity index is 1150. The number of imide groups is 1. The molecule has 0 unspecified atom stereocenters. The molecule has 0 aliphatic carbocycles. The first-order valence-electron chi connectivity index (χ1n) is 11.2. The zero-order valence-corrected chi connectivity index (χ0v) is 19.5. The van der Waals surface area contributed by atoms with Crippen molar-refractivity contribution in [1.29, 1.82) is 0 Å². The molecule has 0 bridgehead atoms. The molecule has 0 saturated carbocycles. The summed E-state index contributed by atoms with van der Waals surface area (Å²) in [5.74, 6) is 0.388. The topological polar surface area (TPSA) is 91.4 Å². The molecular weight excluding hydrogens is 460 g/mol. The Morgan fingerprint density at radius 3 is 2.50 bits per heavy atom. The number of fused-ring (bicyclic) bond motifs is 1. The predicted octanol–water partition coefficient (Wildman–Crippen LogP) is 2.23. The maximum absolute atomic E-state index is 13.3. The third-order valence-electron chi connectivity index (χ3n) is 6.49. The molecule has 3 heterocycles. The molecule has 0 radical (unpaired) electrons. The fourth-order valence-electron chi connectivity index (χ4n) is 4.51. The standard InChI is InChI=1S/C24H25ClN4O5/c1-24(16-5-6-19-20(13-16)34-12-11-33-19)22(31)29(23(32)26-24)15-21(30)28-9-7-27(8-10-28)18-4-2-3-17(25)14-18/h2-6,13-14H,7-12,15H2,1H3,(H,26,32)/t24-/m1/s1. The summed E-state index contributed by atoms with van der Waals surface area (Å²) in [7, 11) is 0. The SMILES string of the molecule is C[C@]1(c2ccc3c(c2)OCCO3)NC(=O)N(CC(=O)N2CCN(c3cccc(Cl)c3)CC2)C1=O. The van der Waals surface area contributed by atoms with Crippen molar-refractivity contribution >= 4 is 35.1 Å². The first kappa shape index (κ1) is 22.3. The fourth-order valence-corrected chi connectivity index (χ4v) is 4.70. The molecule has 10 heteroatoms. The van der Waals surface area contributed by atoms with E-state index in [1.54, 1.807) is 30.0 Å². The highest BCUT2D eigenvalue weighted by atomic mass is 35.5. The van der Waals surface area contributed by atoms with Crippen LogP contribution in [0.15, 0.2) is 42.5 Å². The Hall–Kier alpha value is -3.46. The quantitative estimate of drug-likeness (QED) is 0.669. The number of nitrogens with one attached hydrogen (secondary N) is 1. The Kier molecular flexibility index (Phi) is 5.73. The third-order valence-corrected chi connectivity index (χ3v) is 6.73. The van der Waals surface area contributed by atoms with Crippen LogP contribution in [0.5, 0.6) is 11.5 Å². The van der Waals surface area contributed by atoms with Gasteiger partial charge >= 0.3 is 6.03 Å². The Labute approximate surface area is 202 Å². The number of urea groups is 1. The molecule has 3 aliphatic heterocycles. The molecule has 4 amide bonds. The van der Waals surface area contributed by atoms with Gasteiger partial charge in [-0.1, -0.05) is 23.7 Å². The molecule has 5 rings (SSSR count). The maximum atomic E-state index is 13.3. The number of carbonyl (C=O) groups is 3. The van der Waals surface area contributed by atoms with Crippen LogP contribution in [0.1, 0.15) is 12.5 Å². The van der Waals surface area contributed by atoms with Gasteiger partial charge in [-0.25, -0.2) is 4.79 Å². The van der Waals surface area contributed by atoms with Crippen LogP contribution in [0.4, 0.5) is 10.5 Å². The van der Waals surface area contributed by atoms with Crippen molar-refractivity contribution in [1.82, 2.24) is 15.1 Å². The summed E-state index contributed by atoms with van der Waals surface area (Å²) in [6.07, 6.45) is 0. The van der Waals surface area contributed by atoms with Crippen LogP contribution in [-0.2, 0) is 15.1 Å². The van der Waals surface area contributed by atoms with E-state index in [0.717, 1.165) is 10.6 Å². The van der Waals surface area contributed by atoms with Crippen molar-refractivity contribution in [2.75, 3.05) is 50.8 Å². The van der Waals surface area contributed by atoms with Gasteiger partial charge in [-0.15, -0.1) is 0 Å². The van der Waals surface area contributed by atoms with E-state index in [0.29, 0.717) is 61.5 Å². The zero-order valence-electron chi connectivity index (χ0n) is 18.8. The molecule has 3 aliphatic rings. The summed E-state index contributed by atoms with van der Waals surface area (Å²) in [5, 5.41) is 3.41. The van der Waals surface area contributed by atoms with Gasteiger partial charge in [0.15, 0.2) is 11.5 Å². The number of amides is 4. The molecule has 9 nitrogen and oxygen atoms in total. The van der Waals surface area contributed by atoms with E-state index in [-0.39, 0.29) is 12.5 Å². The minimum absolute atomic E-state index is 0.263. The predicted molar refractivity (Wildman–Crippen MR) is 125 cm³/mol. The molecule has 0 aromatic heterocycles. The third kappa shape index (κ3) is 4.00. The van der Waals surface area contributed by atoms with Crippen LogP contribution in [0.2, 0.25) is 5.02 Å². The van der Waals surface area contributed by atoms with Crippen molar-refractivity contribution in [3.63, 3.8) is 0 Å². The van der Waals surface area contributed by atoms with Crippen LogP contribution < -0.4 is 19.7 Å². The summed E-state index contributed by atoms with van der Waals surface area (Å²) in [5.41, 5.74) is 0.280. The Morgan fingerprint density at radius 2 is 1.76 bits per heavy atom. The monoisotopic (exact) mass is 484 g/mol. The average Bonchev–Trinajstić information content (AvgIpc) is 3.07. The second-order valence-electron chi connectivity index (χ2n) is 8.65. The number of ether oxygens (including phenoxy) is 2. The summed E-state index contributed by atoms with van der Waals surface area (Å²) < 4.78 is 11.2. The summed E-state index contributed by atoms with van der Waals surface area (Å²) in [6, 6.07) is 12.2. The first-order valence-corrected chi connectivity index (χ1v) is 11.6. The van der Waals surface area contributed by atoms with Crippen LogP contribution in [-0.4, -0.2) is 73.6 Å². The van der Waals surface area contributed by atoms with E-state index in [1.165, 1.54) is 0 Å². The van der Waals surface area contributed by atoms with Gasteiger partial charge in [-0.05, 0) is 42.8 Å². The van der Waals surface area contributed by atoms with Crippen molar-refractivity contribution in [2.24, 2.45) is 0 Å². The summed E-state index contributed by atoms with van der Waals surface area (Å²) >= 11 is 6.09. The fraction of sp³-hybridized carbons (Fsp3) is 0.375. The van der Waals surface area contributed by atoms with E-state index in [1.807, 2.05) is 24.3 Å². The molecule has 2 saturated heterocycles. The first-order chi connectivity index (χ1) is 16.3. The van der Waals surface area contributed by atoms with Crippen molar-refractivity contribution in [2.45, 2.75) is 12.5 Å². The minimum Gasteiger partial charge on any atom is -0.486 e. The van der Waals surface area contributed by atoms with Gasteiger partial charge in [0.2, 0.25) is 5.91 Å². The molecule has 0 spiro atoms. The number of hydrogen-bond acceptors (Lipinski definition) is 6. The van der Waals surface area contributed by atoms with Gasteiger partial charge in [-0.2, -0.15) is 0 Å². The van der Waals surface area contributed by atoms with E-state index >= 15 is 0 Å². The Morgan fingerprint density at radius 1 is 1.03 bits per heavy atom. The zero-order chi connectivity index (χ0) is 23.9. The largest absolute Gasteiger partial charge is 0.486 e. The van der Waals surface area contributed by atoms with E-state index in [4.69, 9.17) is 21.1 Å². The van der Waals surface area contributed by atoms with Gasteiger partial charge in [0.25, 0.3) is 5.91 Å². The van der Waals surface area contributed by atoms with E-state index in [2.05, 4.69) is 10.2 Å². The molecule has 1 atom stereocenters. The molecular formula is C24H25ClN4O5. The lowest BCUT2D eigenvalue weighted by molar-refractivity contribution is -0.139. The number of rotatable bonds is 4. The number of nitrogens with zero attached hydrogens (tertiary/aromatic N) is 3. The van der Waals surface area contributed by atoms with Gasteiger partial charge in [0.1, 0.15) is 25.3 Å². The van der Waals surface area contributed by atoms with Crippen LogP contribution in [0, 0.1) is 0 Å². The van der Waals surface area contributed by atoms with Gasteiger partial charge in [-0.3, -0.25) is 14.5 Å². The van der Waals surface area contributed by atoms with Crippen molar-refractivity contribution in [3.8, 4) is 11.5 Å². The van der Waals surface area contributed by atoms with E-state index < -0.39 is 17.5 Å². The second-order valence-corrected chi connectivity index (χ2v) is 9.09. The maximum Gasteiger partial charge on any atom is 0.325 e.